The number of carbonyl (C=O) groups excluding carboxylic acids is 1. The molecule has 0 unspecified atom stereocenters. The van der Waals surface area contributed by atoms with Crippen molar-refractivity contribution in [2.45, 2.75) is 6.61 Å². The Morgan fingerprint density at radius 3 is 2.50 bits per heavy atom. The van der Waals surface area contributed by atoms with Gasteiger partial charge in [-0.25, -0.2) is 4.98 Å². The van der Waals surface area contributed by atoms with Crippen LogP contribution in [0.4, 0.5) is 0 Å². The van der Waals surface area contributed by atoms with Crippen LogP contribution in [0.15, 0.2) is 59.2 Å². The minimum Gasteiger partial charge on any atom is -0.487 e. The number of carbonyl (C=O) groups is 1. The van der Waals surface area contributed by atoms with Crippen LogP contribution in [0.25, 0.3) is 11.5 Å². The van der Waals surface area contributed by atoms with Crippen molar-refractivity contribution in [1.29, 1.82) is 0 Å². The van der Waals surface area contributed by atoms with E-state index in [0.29, 0.717) is 27.9 Å². The number of aldehydes is 1. The number of nitrogens with zero attached hydrogens (tertiary/aromatic N) is 1. The quantitative estimate of drug-likeness (QED) is 0.656. The van der Waals surface area contributed by atoms with Crippen LogP contribution in [0, 0.1) is 0 Å². The van der Waals surface area contributed by atoms with Gasteiger partial charge in [0.1, 0.15) is 30.6 Å². The van der Waals surface area contributed by atoms with Gasteiger partial charge in [0.25, 0.3) is 0 Å². The first-order valence-electron chi connectivity index (χ1n) is 6.63. The minimum atomic E-state index is 0.289. The second-order valence-corrected chi connectivity index (χ2v) is 5.06. The molecule has 0 amide bonds. The molecule has 0 saturated heterocycles. The second kappa shape index (κ2) is 6.45. The molecule has 0 atom stereocenters. The van der Waals surface area contributed by atoms with Crippen LogP contribution in [-0.4, -0.2) is 11.3 Å². The lowest BCUT2D eigenvalue weighted by Crippen LogP contribution is -1.95. The maximum Gasteiger partial charge on any atom is 0.226 e. The van der Waals surface area contributed by atoms with Crippen LogP contribution in [0.2, 0.25) is 5.02 Å². The summed E-state index contributed by atoms with van der Waals surface area (Å²) in [7, 11) is 0. The number of hydrogen-bond acceptors (Lipinski definition) is 4. The normalized spacial score (nSPS) is 10.4. The molecule has 0 spiro atoms. The zero-order valence-corrected chi connectivity index (χ0v) is 12.3. The highest BCUT2D eigenvalue weighted by molar-refractivity contribution is 6.30. The Kier molecular flexibility index (Phi) is 4.21. The van der Waals surface area contributed by atoms with Crippen LogP contribution >= 0.6 is 11.6 Å². The molecule has 0 N–H and O–H groups in total. The fraction of sp³-hybridized carbons (Fsp3) is 0.0588. The maximum absolute atomic E-state index is 10.6. The molecular formula is C17H12ClNO3. The summed E-state index contributed by atoms with van der Waals surface area (Å²) in [5.74, 6) is 1.19. The van der Waals surface area contributed by atoms with E-state index in [4.69, 9.17) is 20.8 Å². The summed E-state index contributed by atoms with van der Waals surface area (Å²) in [6.45, 7) is 0.289. The standard InChI is InChI=1S/C17H12ClNO3/c18-14-5-3-13(4-6-14)17-19-15(11-22-17)10-21-16-7-1-12(9-20)2-8-16/h1-9,11H,10H2. The number of benzene rings is 2. The number of rotatable bonds is 5. The number of aromatic nitrogens is 1. The number of halogens is 1. The topological polar surface area (TPSA) is 52.3 Å². The first-order valence-corrected chi connectivity index (χ1v) is 7.01. The highest BCUT2D eigenvalue weighted by Crippen LogP contribution is 2.21. The van der Waals surface area contributed by atoms with E-state index in [1.165, 1.54) is 0 Å². The molecule has 22 heavy (non-hydrogen) atoms. The van der Waals surface area contributed by atoms with Gasteiger partial charge in [0.05, 0.1) is 0 Å². The molecule has 0 bridgehead atoms. The third-order valence-corrected chi connectivity index (χ3v) is 3.30. The van der Waals surface area contributed by atoms with E-state index in [1.54, 1.807) is 42.7 Å². The third-order valence-electron chi connectivity index (χ3n) is 3.05. The van der Waals surface area contributed by atoms with Crippen LogP contribution in [0.3, 0.4) is 0 Å². The Balaban J connectivity index is 1.66. The van der Waals surface area contributed by atoms with Crippen molar-refractivity contribution in [1.82, 2.24) is 4.98 Å². The molecule has 0 aliphatic carbocycles. The summed E-state index contributed by atoms with van der Waals surface area (Å²) < 4.78 is 11.0. The molecule has 5 heteroatoms. The third kappa shape index (κ3) is 3.35. The Morgan fingerprint density at radius 2 is 1.82 bits per heavy atom. The molecule has 4 nitrogen and oxygen atoms in total. The largest absolute Gasteiger partial charge is 0.487 e. The molecule has 0 aliphatic heterocycles. The second-order valence-electron chi connectivity index (χ2n) is 4.63. The molecule has 0 fully saturated rings. The molecule has 3 aromatic rings. The average molecular weight is 314 g/mol. The molecule has 0 saturated carbocycles. The molecule has 1 heterocycles. The zero-order valence-electron chi connectivity index (χ0n) is 11.5. The monoisotopic (exact) mass is 313 g/mol. The lowest BCUT2D eigenvalue weighted by Gasteiger charge is -2.03. The van der Waals surface area contributed by atoms with Gasteiger partial charge in [-0.2, -0.15) is 0 Å². The SMILES string of the molecule is O=Cc1ccc(OCc2coc(-c3ccc(Cl)cc3)n2)cc1. The molecule has 0 radical (unpaired) electrons. The Labute approximate surface area is 132 Å². The first-order chi connectivity index (χ1) is 10.7. The van der Waals surface area contributed by atoms with Gasteiger partial charge in [-0.05, 0) is 48.5 Å². The van der Waals surface area contributed by atoms with E-state index < -0.39 is 0 Å². The van der Waals surface area contributed by atoms with Gasteiger partial charge in [-0.1, -0.05) is 11.6 Å². The van der Waals surface area contributed by atoms with Crippen molar-refractivity contribution < 1.29 is 13.9 Å². The zero-order chi connectivity index (χ0) is 15.4. The highest BCUT2D eigenvalue weighted by atomic mass is 35.5. The molecule has 1 aromatic heterocycles. The van der Waals surface area contributed by atoms with Gasteiger partial charge in [0.2, 0.25) is 5.89 Å². The lowest BCUT2D eigenvalue weighted by atomic mass is 10.2. The van der Waals surface area contributed by atoms with Crippen LogP contribution in [0.1, 0.15) is 16.1 Å². The van der Waals surface area contributed by atoms with Gasteiger partial charge in [0.15, 0.2) is 0 Å². The van der Waals surface area contributed by atoms with Crippen LogP contribution < -0.4 is 4.74 Å². The fourth-order valence-electron chi connectivity index (χ4n) is 1.90. The predicted octanol–water partition coefficient (Wildman–Crippen LogP) is 4.39. The summed E-state index contributed by atoms with van der Waals surface area (Å²) in [6, 6.07) is 14.1. The Bertz CT molecular complexity index is 763. The predicted molar refractivity (Wildman–Crippen MR) is 83.1 cm³/mol. The van der Waals surface area contributed by atoms with Gasteiger partial charge >= 0.3 is 0 Å². The smallest absolute Gasteiger partial charge is 0.226 e. The molecule has 3 rings (SSSR count). The minimum absolute atomic E-state index is 0.289. The molecule has 0 aliphatic rings. The van der Waals surface area contributed by atoms with Gasteiger partial charge in [0, 0.05) is 16.1 Å². The van der Waals surface area contributed by atoms with Gasteiger partial charge in [-0.3, -0.25) is 4.79 Å². The Hall–Kier alpha value is -2.59. The van der Waals surface area contributed by atoms with E-state index in [-0.39, 0.29) is 6.61 Å². The summed E-state index contributed by atoms with van der Waals surface area (Å²) in [6.07, 6.45) is 2.35. The van der Waals surface area contributed by atoms with E-state index in [9.17, 15) is 4.79 Å². The van der Waals surface area contributed by atoms with Crippen molar-refractivity contribution in [3.05, 3.63) is 71.1 Å². The number of oxazole rings is 1. The fourth-order valence-corrected chi connectivity index (χ4v) is 2.02. The average Bonchev–Trinajstić information content (AvgIpc) is 3.03. The van der Waals surface area contributed by atoms with Crippen molar-refractivity contribution >= 4 is 17.9 Å². The number of hydrogen-bond donors (Lipinski definition) is 0. The first kappa shape index (κ1) is 14.4. The van der Waals surface area contributed by atoms with Gasteiger partial charge in [-0.15, -0.1) is 0 Å². The van der Waals surface area contributed by atoms with E-state index in [1.807, 2.05) is 12.1 Å². The highest BCUT2D eigenvalue weighted by Gasteiger charge is 2.07. The van der Waals surface area contributed by atoms with E-state index in [2.05, 4.69) is 4.98 Å². The summed E-state index contributed by atoms with van der Waals surface area (Å²) in [4.78, 5) is 15.0. The summed E-state index contributed by atoms with van der Waals surface area (Å²) in [5, 5.41) is 0.664. The number of ether oxygens (including phenoxy) is 1. The van der Waals surface area contributed by atoms with Crippen molar-refractivity contribution in [3.8, 4) is 17.2 Å². The van der Waals surface area contributed by atoms with Gasteiger partial charge < -0.3 is 9.15 Å². The summed E-state index contributed by atoms with van der Waals surface area (Å²) >= 11 is 5.85. The van der Waals surface area contributed by atoms with E-state index >= 15 is 0 Å². The van der Waals surface area contributed by atoms with Crippen molar-refractivity contribution in [2.24, 2.45) is 0 Å². The summed E-state index contributed by atoms with van der Waals surface area (Å²) in [5.41, 5.74) is 2.15. The van der Waals surface area contributed by atoms with Crippen LogP contribution in [0.5, 0.6) is 5.75 Å². The molecular weight excluding hydrogens is 302 g/mol. The van der Waals surface area contributed by atoms with E-state index in [0.717, 1.165) is 11.8 Å². The Morgan fingerprint density at radius 1 is 1.09 bits per heavy atom. The lowest BCUT2D eigenvalue weighted by molar-refractivity contribution is 0.112. The maximum atomic E-state index is 10.6. The molecule has 2 aromatic carbocycles. The van der Waals surface area contributed by atoms with Crippen molar-refractivity contribution in [2.75, 3.05) is 0 Å². The van der Waals surface area contributed by atoms with Crippen LogP contribution in [-0.2, 0) is 6.61 Å². The van der Waals surface area contributed by atoms with Crippen molar-refractivity contribution in [3.63, 3.8) is 0 Å². The molecule has 110 valence electrons.